The lowest BCUT2D eigenvalue weighted by Crippen LogP contribution is -1.94. The number of hydrogen-bond acceptors (Lipinski definition) is 5. The number of rotatable bonds is 3. The third kappa shape index (κ3) is 2.00. The van der Waals surface area contributed by atoms with Gasteiger partial charge in [-0.25, -0.2) is 9.97 Å². The molecule has 1 N–H and O–H groups in total. The zero-order chi connectivity index (χ0) is 12.4. The number of nitrogens with one attached hydrogen (secondary N) is 1. The lowest BCUT2D eigenvalue weighted by atomic mass is 10.2. The molecule has 0 saturated carbocycles. The molecule has 4 nitrogen and oxygen atoms in total. The van der Waals surface area contributed by atoms with Crippen LogP contribution in [-0.2, 0) is 0 Å². The van der Waals surface area contributed by atoms with Crippen molar-refractivity contribution < 1.29 is 4.74 Å². The third-order valence-electron chi connectivity index (χ3n) is 2.57. The maximum absolute atomic E-state index is 5.31. The van der Waals surface area contributed by atoms with Crippen LogP contribution in [0.2, 0.25) is 0 Å². The Morgan fingerprint density at radius 3 is 2.94 bits per heavy atom. The summed E-state index contributed by atoms with van der Waals surface area (Å²) in [6.45, 7) is 0. The summed E-state index contributed by atoms with van der Waals surface area (Å²) in [7, 11) is 1.65. The molecule has 0 unspecified atom stereocenters. The minimum absolute atomic E-state index is 0.766. The van der Waals surface area contributed by atoms with Gasteiger partial charge in [-0.1, -0.05) is 12.1 Å². The van der Waals surface area contributed by atoms with Gasteiger partial charge in [0, 0.05) is 17.0 Å². The maximum atomic E-state index is 5.31. The number of anilines is 2. The van der Waals surface area contributed by atoms with Crippen LogP contribution < -0.4 is 10.1 Å². The molecule has 2 aromatic heterocycles. The fraction of sp³-hybridized carbons (Fsp3) is 0.0769. The molecule has 0 amide bonds. The van der Waals surface area contributed by atoms with Gasteiger partial charge in [0.1, 0.15) is 17.1 Å². The second-order valence-electron chi connectivity index (χ2n) is 3.69. The van der Waals surface area contributed by atoms with E-state index in [1.165, 1.54) is 11.3 Å². The number of benzene rings is 1. The molecule has 1 aromatic carbocycles. The molecule has 5 heteroatoms. The Morgan fingerprint density at radius 2 is 2.17 bits per heavy atom. The molecule has 3 rings (SSSR count). The fourth-order valence-electron chi connectivity index (χ4n) is 1.75. The van der Waals surface area contributed by atoms with Crippen molar-refractivity contribution in [1.29, 1.82) is 0 Å². The van der Waals surface area contributed by atoms with Crippen LogP contribution >= 0.6 is 11.3 Å². The van der Waals surface area contributed by atoms with Crippen molar-refractivity contribution in [3.05, 3.63) is 41.9 Å². The van der Waals surface area contributed by atoms with Gasteiger partial charge < -0.3 is 10.1 Å². The van der Waals surface area contributed by atoms with Gasteiger partial charge in [0.25, 0.3) is 0 Å². The molecule has 0 atom stereocenters. The number of pyridine rings is 1. The van der Waals surface area contributed by atoms with Crippen molar-refractivity contribution in [3.63, 3.8) is 0 Å². The first kappa shape index (κ1) is 11.0. The molecule has 2 heterocycles. The highest BCUT2D eigenvalue weighted by molar-refractivity contribution is 7.13. The summed E-state index contributed by atoms with van der Waals surface area (Å²) < 4.78 is 5.31. The summed E-state index contributed by atoms with van der Waals surface area (Å²) >= 11 is 1.54. The molecular formula is C13H11N3OS. The number of aromatic nitrogens is 2. The van der Waals surface area contributed by atoms with E-state index in [1.54, 1.807) is 13.3 Å². The highest BCUT2D eigenvalue weighted by Gasteiger charge is 2.04. The predicted octanol–water partition coefficient (Wildman–Crippen LogP) is 3.44. The topological polar surface area (TPSA) is 47.0 Å². The van der Waals surface area contributed by atoms with Crippen LogP contribution in [0.5, 0.6) is 5.75 Å². The smallest absolute Gasteiger partial charge is 0.188 e. The maximum Gasteiger partial charge on any atom is 0.188 e. The Bertz CT molecular complexity index is 667. The van der Waals surface area contributed by atoms with Crippen molar-refractivity contribution in [3.8, 4) is 5.75 Å². The molecule has 0 radical (unpaired) electrons. The lowest BCUT2D eigenvalue weighted by Gasteiger charge is -2.07. The van der Waals surface area contributed by atoms with E-state index in [4.69, 9.17) is 4.74 Å². The van der Waals surface area contributed by atoms with Crippen LogP contribution in [0.4, 0.5) is 10.9 Å². The number of nitrogens with zero attached hydrogens (tertiary/aromatic N) is 2. The zero-order valence-corrected chi connectivity index (χ0v) is 10.6. The zero-order valence-electron chi connectivity index (χ0n) is 9.75. The molecular weight excluding hydrogens is 246 g/mol. The molecule has 90 valence electrons. The number of methoxy groups -OCH3 is 1. The van der Waals surface area contributed by atoms with Crippen molar-refractivity contribution in [2.24, 2.45) is 0 Å². The van der Waals surface area contributed by atoms with Crippen LogP contribution in [0.3, 0.4) is 0 Å². The van der Waals surface area contributed by atoms with E-state index in [0.29, 0.717) is 0 Å². The molecule has 0 aliphatic heterocycles. The average Bonchev–Trinajstić information content (AvgIpc) is 2.91. The Balaban J connectivity index is 2.04. The first-order valence-corrected chi connectivity index (χ1v) is 6.35. The van der Waals surface area contributed by atoms with E-state index < -0.39 is 0 Å². The molecule has 18 heavy (non-hydrogen) atoms. The standard InChI is InChI=1S/C13H11N3OS/c1-17-10-4-2-3-9-5-6-11(15-12(9)10)16-13-14-7-8-18-13/h2-8H,1H3,(H,14,15,16). The van der Waals surface area contributed by atoms with Crippen LogP contribution in [0.1, 0.15) is 0 Å². The van der Waals surface area contributed by atoms with E-state index in [2.05, 4.69) is 15.3 Å². The summed E-state index contributed by atoms with van der Waals surface area (Å²) in [5.74, 6) is 1.54. The van der Waals surface area contributed by atoms with Gasteiger partial charge in [0.05, 0.1) is 7.11 Å². The van der Waals surface area contributed by atoms with Crippen LogP contribution in [0, 0.1) is 0 Å². The average molecular weight is 257 g/mol. The van der Waals surface area contributed by atoms with E-state index in [1.807, 2.05) is 35.7 Å². The molecule has 0 spiro atoms. The number of ether oxygens (including phenoxy) is 1. The van der Waals surface area contributed by atoms with E-state index >= 15 is 0 Å². The van der Waals surface area contributed by atoms with Crippen LogP contribution in [0.15, 0.2) is 41.9 Å². The summed E-state index contributed by atoms with van der Waals surface area (Å²) in [5, 5.41) is 6.97. The van der Waals surface area contributed by atoms with Gasteiger partial charge in [0.15, 0.2) is 5.13 Å². The SMILES string of the molecule is COc1cccc2ccc(Nc3nccs3)nc12. The first-order valence-electron chi connectivity index (χ1n) is 5.47. The van der Waals surface area contributed by atoms with Crippen molar-refractivity contribution in [2.75, 3.05) is 12.4 Å². The first-order chi connectivity index (χ1) is 8.86. The largest absolute Gasteiger partial charge is 0.494 e. The minimum Gasteiger partial charge on any atom is -0.494 e. The number of fused-ring (bicyclic) bond motifs is 1. The highest BCUT2D eigenvalue weighted by Crippen LogP contribution is 2.26. The van der Waals surface area contributed by atoms with Crippen LogP contribution in [0.25, 0.3) is 10.9 Å². The molecule has 0 fully saturated rings. The van der Waals surface area contributed by atoms with Gasteiger partial charge in [-0.2, -0.15) is 0 Å². The minimum atomic E-state index is 0.766. The molecule has 0 bridgehead atoms. The van der Waals surface area contributed by atoms with E-state index in [9.17, 15) is 0 Å². The molecule has 0 aliphatic rings. The Hall–Kier alpha value is -2.14. The number of para-hydroxylation sites is 1. The summed E-state index contributed by atoms with van der Waals surface area (Å²) in [4.78, 5) is 8.72. The van der Waals surface area contributed by atoms with Crippen molar-refractivity contribution in [2.45, 2.75) is 0 Å². The lowest BCUT2D eigenvalue weighted by molar-refractivity contribution is 0.419. The fourth-order valence-corrected chi connectivity index (χ4v) is 2.28. The quantitative estimate of drug-likeness (QED) is 0.780. The van der Waals surface area contributed by atoms with Gasteiger partial charge in [-0.15, -0.1) is 11.3 Å². The van der Waals surface area contributed by atoms with Gasteiger partial charge >= 0.3 is 0 Å². The Labute approximate surface area is 108 Å². The number of hydrogen-bond donors (Lipinski definition) is 1. The van der Waals surface area contributed by atoms with Crippen molar-refractivity contribution in [1.82, 2.24) is 9.97 Å². The Morgan fingerprint density at radius 1 is 1.22 bits per heavy atom. The van der Waals surface area contributed by atoms with Crippen LogP contribution in [-0.4, -0.2) is 17.1 Å². The highest BCUT2D eigenvalue weighted by atomic mass is 32.1. The molecule has 3 aromatic rings. The summed E-state index contributed by atoms with van der Waals surface area (Å²) in [6.07, 6.45) is 1.76. The van der Waals surface area contributed by atoms with Crippen molar-refractivity contribution >= 4 is 33.2 Å². The second-order valence-corrected chi connectivity index (χ2v) is 4.59. The second kappa shape index (κ2) is 4.62. The summed E-state index contributed by atoms with van der Waals surface area (Å²) in [6, 6.07) is 9.82. The molecule has 0 aliphatic carbocycles. The Kier molecular flexibility index (Phi) is 2.82. The predicted molar refractivity (Wildman–Crippen MR) is 73.7 cm³/mol. The molecule has 0 saturated heterocycles. The van der Waals surface area contributed by atoms with E-state index in [0.717, 1.165) is 27.6 Å². The third-order valence-corrected chi connectivity index (χ3v) is 3.26. The van der Waals surface area contributed by atoms with E-state index in [-0.39, 0.29) is 0 Å². The normalized spacial score (nSPS) is 10.5. The van der Waals surface area contributed by atoms with Gasteiger partial charge in [-0.3, -0.25) is 0 Å². The van der Waals surface area contributed by atoms with Gasteiger partial charge in [-0.05, 0) is 18.2 Å². The van der Waals surface area contributed by atoms with Gasteiger partial charge in [0.2, 0.25) is 0 Å². The monoisotopic (exact) mass is 257 g/mol. The summed E-state index contributed by atoms with van der Waals surface area (Å²) in [5.41, 5.74) is 0.849. The number of thiazole rings is 1.